The highest BCUT2D eigenvalue weighted by Gasteiger charge is 2.41. The molecule has 3 rings (SSSR count). The van der Waals surface area contributed by atoms with Gasteiger partial charge in [-0.25, -0.2) is 0 Å². The number of carbonyl (C=O) groups excluding carboxylic acids is 2. The third-order valence-corrected chi connectivity index (χ3v) is 5.48. The van der Waals surface area contributed by atoms with Crippen LogP contribution in [0.5, 0.6) is 0 Å². The Hall–Kier alpha value is -0.710. The number of rotatable bonds is 1. The van der Waals surface area contributed by atoms with Gasteiger partial charge in [0.15, 0.2) is 0 Å². The molecule has 2 atom stereocenters. The number of fused-ring (bicyclic) bond motifs is 1. The van der Waals surface area contributed by atoms with Crippen LogP contribution in [0, 0.1) is 0 Å². The Morgan fingerprint density at radius 3 is 2.72 bits per heavy atom. The lowest BCUT2D eigenvalue weighted by Gasteiger charge is -2.34. The van der Waals surface area contributed by atoms with E-state index in [4.69, 9.17) is 0 Å². The van der Waals surface area contributed by atoms with E-state index in [9.17, 15) is 9.59 Å². The maximum atomic E-state index is 12.6. The fourth-order valence-corrected chi connectivity index (χ4v) is 4.47. The van der Waals surface area contributed by atoms with E-state index in [-0.39, 0.29) is 17.9 Å². The lowest BCUT2D eigenvalue weighted by Crippen LogP contribution is -2.49. The van der Waals surface area contributed by atoms with Crippen LogP contribution in [0.4, 0.5) is 0 Å². The Morgan fingerprint density at radius 1 is 1.06 bits per heavy atom. The molecule has 0 aromatic heterocycles. The lowest BCUT2D eigenvalue weighted by atomic mass is 10.1. The number of hydrogen-bond donors (Lipinski definition) is 0. The first-order chi connectivity index (χ1) is 8.77. The van der Waals surface area contributed by atoms with Crippen LogP contribution in [0.2, 0.25) is 0 Å². The van der Waals surface area contributed by atoms with Gasteiger partial charge in [-0.3, -0.25) is 9.59 Å². The third kappa shape index (κ3) is 2.13. The van der Waals surface area contributed by atoms with Crippen LogP contribution in [-0.2, 0) is 9.59 Å². The van der Waals surface area contributed by atoms with E-state index in [2.05, 4.69) is 0 Å². The Bertz CT molecular complexity index is 355. The Labute approximate surface area is 112 Å². The average Bonchev–Trinajstić information content (AvgIpc) is 2.85. The minimum atomic E-state index is -0.146. The molecule has 2 amide bonds. The summed E-state index contributed by atoms with van der Waals surface area (Å²) in [6.07, 6.45) is 4.67. The molecule has 0 saturated carbocycles. The number of thioether (sulfide) groups is 1. The van der Waals surface area contributed by atoms with Crippen molar-refractivity contribution in [2.45, 2.75) is 44.2 Å². The Kier molecular flexibility index (Phi) is 3.50. The van der Waals surface area contributed by atoms with E-state index < -0.39 is 0 Å². The Morgan fingerprint density at radius 2 is 1.94 bits per heavy atom. The van der Waals surface area contributed by atoms with Crippen molar-refractivity contribution in [3.63, 3.8) is 0 Å². The molecule has 4 nitrogen and oxygen atoms in total. The lowest BCUT2D eigenvalue weighted by molar-refractivity contribution is -0.140. The molecular formula is C13H20N2O2S. The second kappa shape index (κ2) is 5.11. The topological polar surface area (TPSA) is 40.6 Å². The summed E-state index contributed by atoms with van der Waals surface area (Å²) in [6, 6.07) is 0.219. The van der Waals surface area contributed by atoms with Crippen molar-refractivity contribution in [1.82, 2.24) is 9.80 Å². The normalized spacial score (nSPS) is 33.6. The zero-order valence-corrected chi connectivity index (χ0v) is 11.5. The van der Waals surface area contributed by atoms with Crippen LogP contribution < -0.4 is 0 Å². The summed E-state index contributed by atoms with van der Waals surface area (Å²) in [7, 11) is 0. The minimum absolute atomic E-state index is 0.146. The fraction of sp³-hybridized carbons (Fsp3) is 0.846. The molecule has 0 aromatic carbocycles. The van der Waals surface area contributed by atoms with Gasteiger partial charge >= 0.3 is 0 Å². The Balaban J connectivity index is 1.78. The second-order valence-corrected chi connectivity index (χ2v) is 6.55. The molecule has 0 aromatic rings. The van der Waals surface area contributed by atoms with Crippen molar-refractivity contribution in [2.24, 2.45) is 0 Å². The van der Waals surface area contributed by atoms with Gasteiger partial charge in [0.2, 0.25) is 11.8 Å². The molecule has 2 unspecified atom stereocenters. The molecule has 0 aliphatic carbocycles. The van der Waals surface area contributed by atoms with E-state index in [1.165, 1.54) is 12.2 Å². The molecule has 3 aliphatic heterocycles. The number of amides is 2. The van der Waals surface area contributed by atoms with Crippen LogP contribution in [0.1, 0.15) is 32.1 Å². The van der Waals surface area contributed by atoms with Gasteiger partial charge in [0.1, 0.15) is 6.04 Å². The maximum Gasteiger partial charge on any atom is 0.245 e. The van der Waals surface area contributed by atoms with Gasteiger partial charge in [-0.1, -0.05) is 0 Å². The first kappa shape index (κ1) is 12.3. The maximum absolute atomic E-state index is 12.6. The summed E-state index contributed by atoms with van der Waals surface area (Å²) in [5, 5.41) is 0. The predicted molar refractivity (Wildman–Crippen MR) is 71.4 cm³/mol. The molecule has 0 N–H and O–H groups in total. The molecule has 5 heteroatoms. The highest BCUT2D eigenvalue weighted by atomic mass is 32.2. The quantitative estimate of drug-likeness (QED) is 0.715. The van der Waals surface area contributed by atoms with Gasteiger partial charge in [0.25, 0.3) is 0 Å². The first-order valence-electron chi connectivity index (χ1n) is 6.95. The molecule has 3 fully saturated rings. The van der Waals surface area contributed by atoms with E-state index in [0.717, 1.165) is 31.6 Å². The van der Waals surface area contributed by atoms with Crippen LogP contribution in [0.25, 0.3) is 0 Å². The number of hydrogen-bond acceptors (Lipinski definition) is 3. The highest BCUT2D eigenvalue weighted by Crippen LogP contribution is 2.28. The summed E-state index contributed by atoms with van der Waals surface area (Å²) in [6.45, 7) is 1.42. The average molecular weight is 268 g/mol. The van der Waals surface area contributed by atoms with Crippen LogP contribution in [0.15, 0.2) is 0 Å². The van der Waals surface area contributed by atoms with Crippen molar-refractivity contribution >= 4 is 23.6 Å². The van der Waals surface area contributed by atoms with Gasteiger partial charge in [-0.05, 0) is 31.4 Å². The number of carbonyl (C=O) groups is 2. The van der Waals surface area contributed by atoms with Crippen molar-refractivity contribution in [3.05, 3.63) is 0 Å². The van der Waals surface area contributed by atoms with Crippen LogP contribution in [-0.4, -0.2) is 58.3 Å². The van der Waals surface area contributed by atoms with Crippen LogP contribution in [0.3, 0.4) is 0 Å². The summed E-state index contributed by atoms with van der Waals surface area (Å²) in [5.74, 6) is 2.65. The third-order valence-electron chi connectivity index (χ3n) is 4.28. The van der Waals surface area contributed by atoms with Gasteiger partial charge in [-0.15, -0.1) is 0 Å². The molecule has 0 bridgehead atoms. The summed E-state index contributed by atoms with van der Waals surface area (Å²) in [5.41, 5.74) is 0. The van der Waals surface area contributed by atoms with Crippen molar-refractivity contribution in [2.75, 3.05) is 24.6 Å². The van der Waals surface area contributed by atoms with Gasteiger partial charge in [0, 0.05) is 31.3 Å². The first-order valence-corrected chi connectivity index (χ1v) is 8.10. The molecular weight excluding hydrogens is 248 g/mol. The zero-order valence-electron chi connectivity index (χ0n) is 10.6. The van der Waals surface area contributed by atoms with Gasteiger partial charge < -0.3 is 9.80 Å². The van der Waals surface area contributed by atoms with Gasteiger partial charge in [-0.2, -0.15) is 11.8 Å². The molecule has 3 heterocycles. The molecule has 18 heavy (non-hydrogen) atoms. The number of nitrogens with zero attached hydrogens (tertiary/aromatic N) is 2. The van der Waals surface area contributed by atoms with E-state index in [1.807, 2.05) is 21.6 Å². The largest absolute Gasteiger partial charge is 0.337 e. The molecule has 3 aliphatic rings. The van der Waals surface area contributed by atoms with Gasteiger partial charge in [0.05, 0.1) is 0 Å². The molecule has 0 spiro atoms. The fourth-order valence-electron chi connectivity index (χ4n) is 3.32. The molecule has 3 saturated heterocycles. The summed E-state index contributed by atoms with van der Waals surface area (Å²) >= 11 is 1.94. The minimum Gasteiger partial charge on any atom is -0.337 e. The SMILES string of the molecule is O=C1C2CCCN2C(=O)CCN1C1CCCSC1. The van der Waals surface area contributed by atoms with E-state index in [1.54, 1.807) is 0 Å². The molecule has 0 radical (unpaired) electrons. The summed E-state index contributed by atoms with van der Waals surface area (Å²) < 4.78 is 0. The monoisotopic (exact) mass is 268 g/mol. The smallest absolute Gasteiger partial charge is 0.245 e. The van der Waals surface area contributed by atoms with Crippen molar-refractivity contribution in [1.29, 1.82) is 0 Å². The van der Waals surface area contributed by atoms with E-state index in [0.29, 0.717) is 19.0 Å². The summed E-state index contributed by atoms with van der Waals surface area (Å²) in [4.78, 5) is 28.4. The van der Waals surface area contributed by atoms with Crippen molar-refractivity contribution < 1.29 is 9.59 Å². The van der Waals surface area contributed by atoms with E-state index >= 15 is 0 Å². The van der Waals surface area contributed by atoms with Crippen LogP contribution >= 0.6 is 11.8 Å². The zero-order chi connectivity index (χ0) is 12.5. The standard InChI is InChI=1S/C13H20N2O2S/c16-12-5-7-14(10-3-2-8-18-9-10)13(17)11-4-1-6-15(11)12/h10-11H,1-9H2. The highest BCUT2D eigenvalue weighted by molar-refractivity contribution is 7.99. The molecule has 100 valence electrons. The predicted octanol–water partition coefficient (Wildman–Crippen LogP) is 1.11. The van der Waals surface area contributed by atoms with Crippen molar-refractivity contribution in [3.8, 4) is 0 Å². The second-order valence-electron chi connectivity index (χ2n) is 5.40.